The van der Waals surface area contributed by atoms with Crippen LogP contribution < -0.4 is 10.6 Å². The number of ether oxygens (including phenoxy) is 2. The fourth-order valence-corrected chi connectivity index (χ4v) is 3.54. The minimum atomic E-state index is 0. The molecular weight excluding hydrogens is 463 g/mol. The van der Waals surface area contributed by atoms with Crippen LogP contribution in [0.2, 0.25) is 0 Å². The molecule has 1 aromatic heterocycles. The van der Waals surface area contributed by atoms with Crippen molar-refractivity contribution in [3.63, 3.8) is 0 Å². The summed E-state index contributed by atoms with van der Waals surface area (Å²) in [6.45, 7) is 7.30. The minimum Gasteiger partial charge on any atom is -0.381 e. The van der Waals surface area contributed by atoms with E-state index >= 15 is 0 Å². The molecule has 1 aliphatic rings. The molecule has 2 heterocycles. The number of rotatable bonds is 10. The van der Waals surface area contributed by atoms with Crippen LogP contribution >= 0.6 is 35.3 Å². The lowest BCUT2D eigenvalue weighted by atomic mass is 10.0. The van der Waals surface area contributed by atoms with Crippen LogP contribution in [0.3, 0.4) is 0 Å². The molecule has 2 rings (SSSR count). The molecular formula is C18H33IN4O2S. The Morgan fingerprint density at radius 3 is 2.81 bits per heavy atom. The number of nitrogens with one attached hydrogen (secondary N) is 2. The maximum absolute atomic E-state index is 5.78. The Labute approximate surface area is 178 Å². The average Bonchev–Trinajstić information content (AvgIpc) is 3.12. The van der Waals surface area contributed by atoms with Gasteiger partial charge >= 0.3 is 0 Å². The summed E-state index contributed by atoms with van der Waals surface area (Å²) in [4.78, 5) is 10.0. The van der Waals surface area contributed by atoms with Crippen LogP contribution in [-0.4, -0.2) is 57.5 Å². The van der Waals surface area contributed by atoms with Gasteiger partial charge in [-0.3, -0.25) is 4.99 Å². The average molecular weight is 496 g/mol. The highest BCUT2D eigenvalue weighted by molar-refractivity contribution is 14.0. The number of hydrogen-bond donors (Lipinski definition) is 2. The van der Waals surface area contributed by atoms with Crippen molar-refractivity contribution >= 4 is 41.3 Å². The van der Waals surface area contributed by atoms with Gasteiger partial charge < -0.3 is 20.1 Å². The van der Waals surface area contributed by atoms with Crippen LogP contribution in [0, 0.1) is 5.92 Å². The second-order valence-electron chi connectivity index (χ2n) is 6.23. The van der Waals surface area contributed by atoms with E-state index in [1.54, 1.807) is 18.4 Å². The standard InChI is InChI=1S/C18H32N4O2S.HI/c1-3-16-13-22-17(25-16)5-9-21-18(19-2)20-8-4-10-24-14-15-6-11-23-12-7-15;/h13,15H,3-12,14H2,1-2H3,(H2,19,20,21);1H. The van der Waals surface area contributed by atoms with E-state index in [0.717, 1.165) is 77.6 Å². The molecule has 0 saturated carbocycles. The molecule has 1 aliphatic heterocycles. The summed E-state index contributed by atoms with van der Waals surface area (Å²) < 4.78 is 11.1. The summed E-state index contributed by atoms with van der Waals surface area (Å²) in [6.07, 6.45) is 7.22. The zero-order valence-corrected chi connectivity index (χ0v) is 19.1. The number of aryl methyl sites for hydroxylation is 1. The quantitative estimate of drug-likeness (QED) is 0.226. The van der Waals surface area contributed by atoms with Gasteiger partial charge in [0.2, 0.25) is 0 Å². The van der Waals surface area contributed by atoms with Crippen molar-refractivity contribution in [1.82, 2.24) is 15.6 Å². The van der Waals surface area contributed by atoms with Gasteiger partial charge in [-0.1, -0.05) is 6.92 Å². The van der Waals surface area contributed by atoms with Crippen LogP contribution in [0.4, 0.5) is 0 Å². The molecule has 1 aromatic rings. The Balaban J connectivity index is 0.00000338. The maximum atomic E-state index is 5.78. The third-order valence-electron chi connectivity index (χ3n) is 4.26. The lowest BCUT2D eigenvalue weighted by molar-refractivity contribution is 0.0203. The Morgan fingerprint density at radius 2 is 2.12 bits per heavy atom. The zero-order valence-electron chi connectivity index (χ0n) is 16.0. The van der Waals surface area contributed by atoms with Crippen LogP contribution in [0.1, 0.15) is 36.1 Å². The molecule has 26 heavy (non-hydrogen) atoms. The second kappa shape index (κ2) is 14.6. The first-order valence-electron chi connectivity index (χ1n) is 9.35. The molecule has 8 heteroatoms. The van der Waals surface area contributed by atoms with E-state index in [1.165, 1.54) is 9.88 Å². The molecule has 0 amide bonds. The maximum Gasteiger partial charge on any atom is 0.190 e. The first kappa shape index (κ1) is 23.6. The molecule has 0 atom stereocenters. The van der Waals surface area contributed by atoms with Crippen molar-refractivity contribution in [2.24, 2.45) is 10.9 Å². The topological polar surface area (TPSA) is 67.8 Å². The van der Waals surface area contributed by atoms with Crippen LogP contribution in [0.25, 0.3) is 0 Å². The molecule has 0 radical (unpaired) electrons. The predicted octanol–water partition coefficient (Wildman–Crippen LogP) is 2.86. The normalized spacial score (nSPS) is 15.5. The second-order valence-corrected chi connectivity index (χ2v) is 7.43. The number of nitrogens with zero attached hydrogens (tertiary/aromatic N) is 2. The van der Waals surface area contributed by atoms with E-state index in [2.05, 4.69) is 27.5 Å². The molecule has 0 aromatic carbocycles. The van der Waals surface area contributed by atoms with Crippen molar-refractivity contribution in [3.05, 3.63) is 16.1 Å². The molecule has 6 nitrogen and oxygen atoms in total. The molecule has 0 spiro atoms. The van der Waals surface area contributed by atoms with Crippen molar-refractivity contribution in [3.8, 4) is 0 Å². The largest absolute Gasteiger partial charge is 0.381 e. The molecule has 1 fully saturated rings. The lowest BCUT2D eigenvalue weighted by Gasteiger charge is -2.21. The third-order valence-corrected chi connectivity index (χ3v) is 5.46. The summed E-state index contributed by atoms with van der Waals surface area (Å²) in [5, 5.41) is 7.85. The van der Waals surface area contributed by atoms with Crippen molar-refractivity contribution in [2.45, 2.75) is 39.0 Å². The van der Waals surface area contributed by atoms with Crippen LogP contribution in [0.15, 0.2) is 11.2 Å². The number of aromatic nitrogens is 1. The Morgan fingerprint density at radius 1 is 1.35 bits per heavy atom. The number of halogens is 1. The van der Waals surface area contributed by atoms with Crippen LogP contribution in [0.5, 0.6) is 0 Å². The Bertz CT molecular complexity index is 507. The van der Waals surface area contributed by atoms with Gasteiger partial charge in [-0.2, -0.15) is 0 Å². The summed E-state index contributed by atoms with van der Waals surface area (Å²) in [6, 6.07) is 0. The molecule has 1 saturated heterocycles. The number of aliphatic imine (C=N–C) groups is 1. The molecule has 2 N–H and O–H groups in total. The molecule has 0 bridgehead atoms. The number of guanidine groups is 1. The van der Waals surface area contributed by atoms with E-state index in [0.29, 0.717) is 5.92 Å². The number of hydrogen-bond acceptors (Lipinski definition) is 5. The smallest absolute Gasteiger partial charge is 0.190 e. The highest BCUT2D eigenvalue weighted by atomic mass is 127. The summed E-state index contributed by atoms with van der Waals surface area (Å²) >= 11 is 1.79. The van der Waals surface area contributed by atoms with E-state index in [9.17, 15) is 0 Å². The van der Waals surface area contributed by atoms with Crippen molar-refractivity contribution < 1.29 is 9.47 Å². The van der Waals surface area contributed by atoms with E-state index in [-0.39, 0.29) is 24.0 Å². The van der Waals surface area contributed by atoms with Gasteiger partial charge in [-0.25, -0.2) is 4.98 Å². The highest BCUT2D eigenvalue weighted by Gasteiger charge is 2.13. The van der Waals surface area contributed by atoms with Gasteiger partial charge in [0.15, 0.2) is 5.96 Å². The Kier molecular flexibility index (Phi) is 13.2. The Hall–Kier alpha value is -0.450. The van der Waals surface area contributed by atoms with Gasteiger partial charge in [0.05, 0.1) is 5.01 Å². The highest BCUT2D eigenvalue weighted by Crippen LogP contribution is 2.14. The molecule has 0 unspecified atom stereocenters. The molecule has 0 aliphatic carbocycles. The monoisotopic (exact) mass is 496 g/mol. The number of thiazole rings is 1. The summed E-state index contributed by atoms with van der Waals surface area (Å²) in [7, 11) is 1.80. The minimum absolute atomic E-state index is 0. The SMILES string of the molecule is CCc1cnc(CCNC(=NC)NCCCOCC2CCOCC2)s1.I. The lowest BCUT2D eigenvalue weighted by Crippen LogP contribution is -2.39. The summed E-state index contributed by atoms with van der Waals surface area (Å²) in [5.74, 6) is 1.52. The van der Waals surface area contributed by atoms with E-state index in [1.807, 2.05) is 6.20 Å². The van der Waals surface area contributed by atoms with E-state index in [4.69, 9.17) is 9.47 Å². The van der Waals surface area contributed by atoms with Crippen molar-refractivity contribution in [1.29, 1.82) is 0 Å². The third kappa shape index (κ3) is 9.48. The van der Waals surface area contributed by atoms with Crippen molar-refractivity contribution in [2.75, 3.05) is 46.6 Å². The van der Waals surface area contributed by atoms with Gasteiger partial charge in [-0.15, -0.1) is 35.3 Å². The van der Waals surface area contributed by atoms with Crippen LogP contribution in [-0.2, 0) is 22.3 Å². The fourth-order valence-electron chi connectivity index (χ4n) is 2.68. The van der Waals surface area contributed by atoms with Gasteiger partial charge in [0.25, 0.3) is 0 Å². The van der Waals surface area contributed by atoms with E-state index < -0.39 is 0 Å². The first-order chi connectivity index (χ1) is 12.3. The van der Waals surface area contributed by atoms with Gasteiger partial charge in [-0.05, 0) is 31.6 Å². The predicted molar refractivity (Wildman–Crippen MR) is 119 cm³/mol. The van der Waals surface area contributed by atoms with Gasteiger partial charge in [0.1, 0.15) is 0 Å². The molecule has 150 valence electrons. The first-order valence-corrected chi connectivity index (χ1v) is 10.2. The van der Waals surface area contributed by atoms with Gasteiger partial charge in [0, 0.05) is 64.1 Å². The fraction of sp³-hybridized carbons (Fsp3) is 0.778. The zero-order chi connectivity index (χ0) is 17.7. The summed E-state index contributed by atoms with van der Waals surface area (Å²) in [5.41, 5.74) is 0.